The van der Waals surface area contributed by atoms with Crippen LogP contribution in [0.5, 0.6) is 0 Å². The SMILES string of the molecule is C/C=C(\OS(=O)(=O)c1ccc([N+](=O)[O-])cc1)C(=O)OC. The van der Waals surface area contributed by atoms with Crippen LogP contribution in [0, 0.1) is 10.1 Å². The summed E-state index contributed by atoms with van der Waals surface area (Å²) in [5, 5.41) is 10.5. The molecule has 8 nitrogen and oxygen atoms in total. The van der Waals surface area contributed by atoms with Gasteiger partial charge in [-0.15, -0.1) is 0 Å². The second-order valence-corrected chi connectivity index (χ2v) is 4.98. The Bertz CT molecular complexity index is 646. The summed E-state index contributed by atoms with van der Waals surface area (Å²) in [6, 6.07) is 4.06. The van der Waals surface area contributed by atoms with E-state index < -0.39 is 26.8 Å². The molecule has 108 valence electrons. The van der Waals surface area contributed by atoms with Gasteiger partial charge in [-0.1, -0.05) is 0 Å². The Hall–Kier alpha value is -2.42. The molecule has 1 aromatic carbocycles. The molecular formula is C11H11NO7S. The van der Waals surface area contributed by atoms with Gasteiger partial charge in [0.1, 0.15) is 4.90 Å². The van der Waals surface area contributed by atoms with Gasteiger partial charge in [0.15, 0.2) is 0 Å². The maximum atomic E-state index is 11.9. The molecule has 0 bridgehead atoms. The van der Waals surface area contributed by atoms with Crippen molar-refractivity contribution in [3.63, 3.8) is 0 Å². The van der Waals surface area contributed by atoms with Crippen LogP contribution in [0.3, 0.4) is 0 Å². The molecule has 9 heteroatoms. The molecule has 0 fully saturated rings. The Kier molecular flexibility index (Phi) is 4.81. The molecule has 0 spiro atoms. The van der Waals surface area contributed by atoms with Crippen molar-refractivity contribution in [2.75, 3.05) is 7.11 Å². The number of hydrogen-bond donors (Lipinski definition) is 0. The molecule has 0 N–H and O–H groups in total. The van der Waals surface area contributed by atoms with Crippen LogP contribution in [-0.4, -0.2) is 26.4 Å². The fourth-order valence-electron chi connectivity index (χ4n) is 1.20. The lowest BCUT2D eigenvalue weighted by atomic mass is 10.3. The van der Waals surface area contributed by atoms with Gasteiger partial charge < -0.3 is 8.92 Å². The molecule has 0 atom stereocenters. The van der Waals surface area contributed by atoms with E-state index in [0.717, 1.165) is 37.5 Å². The smallest absolute Gasteiger partial charge is 0.374 e. The quantitative estimate of drug-likeness (QED) is 0.201. The van der Waals surface area contributed by atoms with Gasteiger partial charge in [0.2, 0.25) is 5.76 Å². The lowest BCUT2D eigenvalue weighted by Gasteiger charge is -2.08. The summed E-state index contributed by atoms with van der Waals surface area (Å²) in [5.74, 6) is -1.44. The number of nitrogens with zero attached hydrogens (tertiary/aromatic N) is 1. The van der Waals surface area contributed by atoms with Crippen LogP contribution in [0.2, 0.25) is 0 Å². The summed E-state index contributed by atoms with van der Waals surface area (Å²) >= 11 is 0. The molecule has 0 radical (unpaired) electrons. The van der Waals surface area contributed by atoms with Gasteiger partial charge in [-0.05, 0) is 25.1 Å². The molecule has 1 rings (SSSR count). The normalized spacial score (nSPS) is 11.8. The van der Waals surface area contributed by atoms with Crippen LogP contribution >= 0.6 is 0 Å². The maximum absolute atomic E-state index is 11.9. The van der Waals surface area contributed by atoms with E-state index in [1.807, 2.05) is 0 Å². The van der Waals surface area contributed by atoms with Crippen LogP contribution < -0.4 is 0 Å². The van der Waals surface area contributed by atoms with Gasteiger partial charge in [0.05, 0.1) is 12.0 Å². The minimum absolute atomic E-state index is 0.261. The van der Waals surface area contributed by atoms with Crippen molar-refractivity contribution in [2.45, 2.75) is 11.8 Å². The molecule has 0 aromatic heterocycles. The monoisotopic (exact) mass is 301 g/mol. The van der Waals surface area contributed by atoms with Crippen molar-refractivity contribution < 1.29 is 27.1 Å². The predicted molar refractivity (Wildman–Crippen MR) is 67.1 cm³/mol. The van der Waals surface area contributed by atoms with Crippen LogP contribution in [0.15, 0.2) is 41.0 Å². The summed E-state index contributed by atoms with van der Waals surface area (Å²) in [6.45, 7) is 1.40. The first-order valence-corrected chi connectivity index (χ1v) is 6.66. The number of carbonyl (C=O) groups is 1. The highest BCUT2D eigenvalue weighted by molar-refractivity contribution is 7.86. The van der Waals surface area contributed by atoms with E-state index in [4.69, 9.17) is 0 Å². The van der Waals surface area contributed by atoms with E-state index in [9.17, 15) is 23.3 Å². The van der Waals surface area contributed by atoms with E-state index in [1.54, 1.807) is 0 Å². The van der Waals surface area contributed by atoms with E-state index in [2.05, 4.69) is 8.92 Å². The molecule has 1 aromatic rings. The number of nitro groups is 1. The lowest BCUT2D eigenvalue weighted by Crippen LogP contribution is -2.13. The number of esters is 1. The number of non-ortho nitro benzene ring substituents is 1. The van der Waals surface area contributed by atoms with Crippen LogP contribution in [-0.2, 0) is 23.8 Å². The van der Waals surface area contributed by atoms with Crippen molar-refractivity contribution in [3.05, 3.63) is 46.2 Å². The Labute approximate surface area is 114 Å². The topological polar surface area (TPSA) is 113 Å². The Morgan fingerprint density at radius 3 is 2.25 bits per heavy atom. The number of rotatable bonds is 5. The number of ether oxygens (including phenoxy) is 1. The summed E-state index contributed by atoms with van der Waals surface area (Å²) in [6.07, 6.45) is 1.13. The highest BCUT2D eigenvalue weighted by atomic mass is 32.2. The second kappa shape index (κ2) is 6.15. The number of carbonyl (C=O) groups excluding carboxylic acids is 1. The summed E-state index contributed by atoms with van der Waals surface area (Å²) in [5.41, 5.74) is -0.261. The van der Waals surface area contributed by atoms with Crippen molar-refractivity contribution in [3.8, 4) is 0 Å². The average molecular weight is 301 g/mol. The molecule has 0 aliphatic heterocycles. The van der Waals surface area contributed by atoms with Gasteiger partial charge >= 0.3 is 16.1 Å². The standard InChI is InChI=1S/C11H11NO7S/c1-3-10(11(13)18-2)19-20(16,17)9-6-4-8(5-7-9)12(14)15/h3-7H,1-2H3/b10-3-. The predicted octanol–water partition coefficient (Wildman–Crippen LogP) is 1.38. The highest BCUT2D eigenvalue weighted by Gasteiger charge is 2.22. The minimum atomic E-state index is -4.26. The van der Waals surface area contributed by atoms with Crippen LogP contribution in [0.25, 0.3) is 0 Å². The molecule has 0 heterocycles. The Balaban J connectivity index is 3.05. The summed E-state index contributed by atoms with van der Waals surface area (Å²) in [7, 11) is -3.18. The molecular weight excluding hydrogens is 290 g/mol. The third-order valence-electron chi connectivity index (χ3n) is 2.18. The highest BCUT2D eigenvalue weighted by Crippen LogP contribution is 2.20. The van der Waals surface area contributed by atoms with Gasteiger partial charge in [-0.3, -0.25) is 10.1 Å². The summed E-state index contributed by atoms with van der Waals surface area (Å²) in [4.78, 5) is 20.7. The molecule has 0 aliphatic carbocycles. The van der Waals surface area contributed by atoms with E-state index >= 15 is 0 Å². The fraction of sp³-hybridized carbons (Fsp3) is 0.182. The molecule has 0 amide bonds. The van der Waals surface area contributed by atoms with E-state index in [-0.39, 0.29) is 10.6 Å². The number of benzene rings is 1. The van der Waals surface area contributed by atoms with E-state index in [0.29, 0.717) is 0 Å². The average Bonchev–Trinajstić information content (AvgIpc) is 2.44. The zero-order valence-corrected chi connectivity index (χ0v) is 11.4. The van der Waals surface area contributed by atoms with Crippen molar-refractivity contribution >= 4 is 21.8 Å². The molecule has 20 heavy (non-hydrogen) atoms. The van der Waals surface area contributed by atoms with Gasteiger partial charge in [-0.25, -0.2) is 4.79 Å². The van der Waals surface area contributed by atoms with Crippen LogP contribution in [0.4, 0.5) is 5.69 Å². The Morgan fingerprint density at radius 2 is 1.85 bits per heavy atom. The second-order valence-electron chi connectivity index (χ2n) is 3.43. The number of hydrogen-bond acceptors (Lipinski definition) is 7. The van der Waals surface area contributed by atoms with Crippen molar-refractivity contribution in [2.24, 2.45) is 0 Å². The first kappa shape index (κ1) is 15.6. The molecule has 0 saturated carbocycles. The minimum Gasteiger partial charge on any atom is -0.463 e. The molecule has 0 aliphatic rings. The zero-order chi connectivity index (χ0) is 15.3. The van der Waals surface area contributed by atoms with Gasteiger partial charge in [0, 0.05) is 12.1 Å². The largest absolute Gasteiger partial charge is 0.463 e. The number of methoxy groups -OCH3 is 1. The van der Waals surface area contributed by atoms with Crippen LogP contribution in [0.1, 0.15) is 6.92 Å². The van der Waals surface area contributed by atoms with E-state index in [1.165, 1.54) is 6.92 Å². The first-order valence-electron chi connectivity index (χ1n) is 5.25. The third-order valence-corrected chi connectivity index (χ3v) is 3.43. The zero-order valence-electron chi connectivity index (χ0n) is 10.6. The number of nitro benzene ring substituents is 1. The first-order chi connectivity index (χ1) is 9.31. The lowest BCUT2D eigenvalue weighted by molar-refractivity contribution is -0.384. The third kappa shape index (κ3) is 3.54. The molecule has 0 saturated heterocycles. The molecule has 0 unspecified atom stereocenters. The van der Waals surface area contributed by atoms with Crippen molar-refractivity contribution in [1.29, 1.82) is 0 Å². The van der Waals surface area contributed by atoms with Gasteiger partial charge in [-0.2, -0.15) is 8.42 Å². The Morgan fingerprint density at radius 1 is 1.30 bits per heavy atom. The van der Waals surface area contributed by atoms with Gasteiger partial charge in [0.25, 0.3) is 5.69 Å². The number of allylic oxidation sites excluding steroid dienone is 1. The fourth-order valence-corrected chi connectivity index (χ4v) is 2.17. The summed E-state index contributed by atoms with van der Waals surface area (Å²) < 4.78 is 32.7. The van der Waals surface area contributed by atoms with Crippen molar-refractivity contribution in [1.82, 2.24) is 0 Å². The maximum Gasteiger partial charge on any atom is 0.374 e.